The number of amides is 2. The molecule has 1 aromatic rings. The van der Waals surface area contributed by atoms with Crippen LogP contribution in [0.5, 0.6) is 0 Å². The molecule has 1 N–H and O–H groups in total. The second-order valence-electron chi connectivity index (χ2n) is 4.99. The molecule has 1 heterocycles. The fourth-order valence-corrected chi connectivity index (χ4v) is 2.08. The van der Waals surface area contributed by atoms with Gasteiger partial charge in [0.25, 0.3) is 5.91 Å². The van der Waals surface area contributed by atoms with Gasteiger partial charge in [-0.2, -0.15) is 5.10 Å². The highest BCUT2D eigenvalue weighted by Gasteiger charge is 2.22. The number of hydrogen-bond donors (Lipinski definition) is 1. The Balaban J connectivity index is 1.90. The van der Waals surface area contributed by atoms with Crippen LogP contribution in [-0.2, 0) is 9.59 Å². The minimum absolute atomic E-state index is 0.0563. The van der Waals surface area contributed by atoms with Crippen molar-refractivity contribution < 1.29 is 9.59 Å². The Morgan fingerprint density at radius 2 is 2.05 bits per heavy atom. The normalized spacial score (nSPS) is 16.6. The average molecular weight is 273 g/mol. The average Bonchev–Trinajstić information content (AvgIpc) is 2.48. The monoisotopic (exact) mass is 273 g/mol. The predicted molar refractivity (Wildman–Crippen MR) is 77.3 cm³/mol. The van der Waals surface area contributed by atoms with Crippen LogP contribution in [0.1, 0.15) is 31.2 Å². The quantitative estimate of drug-likeness (QED) is 0.904. The number of carbonyl (C=O) groups excluding carboxylic acids is 2. The summed E-state index contributed by atoms with van der Waals surface area (Å²) in [5, 5.41) is 8.12. The molecule has 0 radical (unpaired) electrons. The van der Waals surface area contributed by atoms with Crippen molar-refractivity contribution in [2.75, 3.05) is 13.6 Å². The summed E-state index contributed by atoms with van der Waals surface area (Å²) in [6.45, 7) is 2.62. The largest absolute Gasteiger partial charge is 0.350 e. The molecule has 1 aliphatic heterocycles. The summed E-state index contributed by atoms with van der Waals surface area (Å²) in [5.74, 6) is -0.00460. The number of hydrogen-bond acceptors (Lipinski definition) is 3. The van der Waals surface area contributed by atoms with Crippen molar-refractivity contribution in [1.29, 1.82) is 0 Å². The van der Waals surface area contributed by atoms with Crippen molar-refractivity contribution in [2.45, 2.75) is 25.7 Å². The van der Waals surface area contributed by atoms with E-state index in [4.69, 9.17) is 0 Å². The minimum Gasteiger partial charge on any atom is -0.350 e. The predicted octanol–water partition coefficient (Wildman–Crippen LogP) is 1.51. The number of hydrazone groups is 1. The fraction of sp³-hybridized carbons (Fsp3) is 0.400. The van der Waals surface area contributed by atoms with Crippen LogP contribution in [0.4, 0.5) is 0 Å². The molecule has 106 valence electrons. The van der Waals surface area contributed by atoms with E-state index in [1.54, 1.807) is 7.05 Å². The van der Waals surface area contributed by atoms with E-state index in [0.717, 1.165) is 0 Å². The lowest BCUT2D eigenvalue weighted by Crippen LogP contribution is -2.38. The Morgan fingerprint density at radius 1 is 1.35 bits per heavy atom. The topological polar surface area (TPSA) is 61.8 Å². The third-order valence-corrected chi connectivity index (χ3v) is 3.41. The zero-order valence-electron chi connectivity index (χ0n) is 11.8. The lowest BCUT2D eigenvalue weighted by molar-refractivity contribution is -0.130. The number of benzene rings is 1. The van der Waals surface area contributed by atoms with Crippen LogP contribution in [0, 0.1) is 0 Å². The standard InChI is InChI=1S/C15H19N3O2/c1-11(12-6-4-3-5-7-12)10-16-15(20)13-8-9-14(19)18(2)17-13/h3-7,11H,8-10H2,1-2H3,(H,16,20). The van der Waals surface area contributed by atoms with Crippen LogP contribution in [0.15, 0.2) is 35.4 Å². The van der Waals surface area contributed by atoms with Crippen molar-refractivity contribution in [1.82, 2.24) is 10.3 Å². The van der Waals surface area contributed by atoms with Crippen LogP contribution in [0.25, 0.3) is 0 Å². The summed E-state index contributed by atoms with van der Waals surface area (Å²) in [7, 11) is 1.57. The van der Waals surface area contributed by atoms with Crippen LogP contribution in [-0.4, -0.2) is 36.1 Å². The molecule has 2 rings (SSSR count). The first-order valence-corrected chi connectivity index (χ1v) is 6.75. The Bertz CT molecular complexity index is 525. The maximum absolute atomic E-state index is 12.0. The third kappa shape index (κ3) is 3.44. The molecule has 0 spiro atoms. The minimum atomic E-state index is -0.188. The summed E-state index contributed by atoms with van der Waals surface area (Å²) >= 11 is 0. The zero-order valence-corrected chi connectivity index (χ0v) is 11.8. The van der Waals surface area contributed by atoms with Gasteiger partial charge in [0.05, 0.1) is 0 Å². The van der Waals surface area contributed by atoms with E-state index in [0.29, 0.717) is 25.1 Å². The number of nitrogens with one attached hydrogen (secondary N) is 1. The van der Waals surface area contributed by atoms with Crippen LogP contribution >= 0.6 is 0 Å². The van der Waals surface area contributed by atoms with E-state index < -0.39 is 0 Å². The van der Waals surface area contributed by atoms with Crippen LogP contribution in [0.2, 0.25) is 0 Å². The van der Waals surface area contributed by atoms with Gasteiger partial charge in [-0.3, -0.25) is 9.59 Å². The molecule has 1 aliphatic rings. The summed E-state index contributed by atoms with van der Waals surface area (Å²) in [4.78, 5) is 23.3. The lowest BCUT2D eigenvalue weighted by atomic mass is 10.0. The van der Waals surface area contributed by atoms with Gasteiger partial charge in [0.1, 0.15) is 5.71 Å². The Labute approximate surface area is 118 Å². The van der Waals surface area contributed by atoms with E-state index in [2.05, 4.69) is 17.3 Å². The van der Waals surface area contributed by atoms with E-state index in [9.17, 15) is 9.59 Å². The molecule has 1 aromatic carbocycles. The van der Waals surface area contributed by atoms with Crippen molar-refractivity contribution in [3.63, 3.8) is 0 Å². The summed E-state index contributed by atoms with van der Waals surface area (Å²) in [6, 6.07) is 10.0. The maximum atomic E-state index is 12.0. The van der Waals surface area contributed by atoms with E-state index >= 15 is 0 Å². The number of rotatable bonds is 4. The smallest absolute Gasteiger partial charge is 0.267 e. The van der Waals surface area contributed by atoms with Crippen molar-refractivity contribution in [3.8, 4) is 0 Å². The molecule has 0 aliphatic carbocycles. The molecule has 0 fully saturated rings. The zero-order chi connectivity index (χ0) is 14.5. The van der Waals surface area contributed by atoms with Gasteiger partial charge in [-0.25, -0.2) is 5.01 Å². The van der Waals surface area contributed by atoms with Gasteiger partial charge in [0, 0.05) is 26.4 Å². The highest BCUT2D eigenvalue weighted by Crippen LogP contribution is 2.13. The molecule has 0 bridgehead atoms. The SMILES string of the molecule is CC(CNC(=O)C1=NN(C)C(=O)CC1)c1ccccc1. The van der Waals surface area contributed by atoms with Gasteiger partial charge in [0.15, 0.2) is 0 Å². The molecular weight excluding hydrogens is 254 g/mol. The number of nitrogens with zero attached hydrogens (tertiary/aromatic N) is 2. The first-order chi connectivity index (χ1) is 9.58. The van der Waals surface area contributed by atoms with Gasteiger partial charge in [0.2, 0.25) is 5.91 Å². The Kier molecular flexibility index (Phi) is 4.50. The van der Waals surface area contributed by atoms with Gasteiger partial charge in [-0.15, -0.1) is 0 Å². The molecule has 0 saturated carbocycles. The van der Waals surface area contributed by atoms with Gasteiger partial charge < -0.3 is 5.32 Å². The first kappa shape index (κ1) is 14.2. The molecule has 20 heavy (non-hydrogen) atoms. The fourth-order valence-electron chi connectivity index (χ4n) is 2.08. The van der Waals surface area contributed by atoms with E-state index in [-0.39, 0.29) is 17.7 Å². The summed E-state index contributed by atoms with van der Waals surface area (Å²) in [6.07, 6.45) is 0.756. The molecule has 1 unspecified atom stereocenters. The summed E-state index contributed by atoms with van der Waals surface area (Å²) < 4.78 is 0. The molecule has 2 amide bonds. The van der Waals surface area contributed by atoms with E-state index in [1.807, 2.05) is 30.3 Å². The Hall–Kier alpha value is -2.17. The molecule has 5 heteroatoms. The number of carbonyl (C=O) groups is 2. The first-order valence-electron chi connectivity index (χ1n) is 6.75. The maximum Gasteiger partial charge on any atom is 0.267 e. The lowest BCUT2D eigenvalue weighted by Gasteiger charge is -2.19. The van der Waals surface area contributed by atoms with Gasteiger partial charge >= 0.3 is 0 Å². The van der Waals surface area contributed by atoms with Crippen molar-refractivity contribution in [2.24, 2.45) is 5.10 Å². The second-order valence-corrected chi connectivity index (χ2v) is 4.99. The molecular formula is C15H19N3O2. The second kappa shape index (κ2) is 6.32. The third-order valence-electron chi connectivity index (χ3n) is 3.41. The van der Waals surface area contributed by atoms with Gasteiger partial charge in [-0.05, 0) is 11.5 Å². The molecule has 5 nitrogen and oxygen atoms in total. The van der Waals surface area contributed by atoms with Crippen LogP contribution in [0.3, 0.4) is 0 Å². The highest BCUT2D eigenvalue weighted by atomic mass is 16.2. The Morgan fingerprint density at radius 3 is 2.70 bits per heavy atom. The van der Waals surface area contributed by atoms with Crippen molar-refractivity contribution >= 4 is 17.5 Å². The van der Waals surface area contributed by atoms with Crippen molar-refractivity contribution in [3.05, 3.63) is 35.9 Å². The molecule has 0 aromatic heterocycles. The van der Waals surface area contributed by atoms with E-state index in [1.165, 1.54) is 10.6 Å². The van der Waals surface area contributed by atoms with Gasteiger partial charge in [-0.1, -0.05) is 37.3 Å². The molecule has 0 saturated heterocycles. The summed E-state index contributed by atoms with van der Waals surface area (Å²) in [5.41, 5.74) is 1.61. The van der Waals surface area contributed by atoms with Crippen LogP contribution < -0.4 is 5.32 Å². The molecule has 1 atom stereocenters. The highest BCUT2D eigenvalue weighted by molar-refractivity contribution is 6.39.